The fraction of sp³-hybridized carbons (Fsp3) is 0.167. The van der Waals surface area contributed by atoms with Gasteiger partial charge in [-0.05, 0) is 66.2 Å². The van der Waals surface area contributed by atoms with E-state index in [1.165, 1.54) is 32.5 Å². The molecule has 4 aromatic rings. The van der Waals surface area contributed by atoms with Crippen LogP contribution in [0.2, 0.25) is 0 Å². The highest BCUT2D eigenvalue weighted by Gasteiger charge is 2.31. The summed E-state index contributed by atoms with van der Waals surface area (Å²) in [6, 6.07) is 18.7. The Bertz CT molecular complexity index is 1540. The summed E-state index contributed by atoms with van der Waals surface area (Å²) in [4.78, 5) is 28.4. The average molecular weight is 581 g/mol. The summed E-state index contributed by atoms with van der Waals surface area (Å²) in [5.41, 5.74) is 0.840. The van der Waals surface area contributed by atoms with Crippen molar-refractivity contribution in [3.8, 4) is 28.4 Å². The standard InChI is InChI=1S/C30H27F3N4O5/c1-34-28(38)26-18-24(12-13-35-26)42-23-9-7-21(8-10-23)36-29(39)37-22-5-3-4-19(16-22)25-17-20(30(31,32)33)6-11-27(25)41-15-14-40-2/h3-13,16-18H,14-15H2,1-2H3,(H,34,38)(H2,36,37,39). The van der Waals surface area contributed by atoms with Gasteiger partial charge in [-0.25, -0.2) is 4.79 Å². The van der Waals surface area contributed by atoms with Gasteiger partial charge < -0.3 is 30.2 Å². The number of urea groups is 1. The Labute approximate surface area is 239 Å². The number of aromatic nitrogens is 1. The van der Waals surface area contributed by atoms with Gasteiger partial charge in [0, 0.05) is 43.4 Å². The van der Waals surface area contributed by atoms with Crippen molar-refractivity contribution >= 4 is 23.3 Å². The van der Waals surface area contributed by atoms with E-state index in [1.807, 2.05) is 0 Å². The minimum Gasteiger partial charge on any atom is -0.491 e. The number of alkyl halides is 3. The van der Waals surface area contributed by atoms with Crippen LogP contribution in [0.4, 0.5) is 29.3 Å². The van der Waals surface area contributed by atoms with Crippen LogP contribution >= 0.6 is 0 Å². The molecule has 0 unspecified atom stereocenters. The Morgan fingerprint density at radius 2 is 1.62 bits per heavy atom. The van der Waals surface area contributed by atoms with Crippen molar-refractivity contribution in [1.82, 2.24) is 10.3 Å². The summed E-state index contributed by atoms with van der Waals surface area (Å²) in [6.07, 6.45) is -3.08. The molecule has 0 spiro atoms. The molecule has 0 aliphatic rings. The van der Waals surface area contributed by atoms with E-state index in [0.717, 1.165) is 12.1 Å². The molecule has 3 amide bonds. The Balaban J connectivity index is 1.44. The number of ether oxygens (including phenoxy) is 3. The van der Waals surface area contributed by atoms with Crippen molar-refractivity contribution in [3.63, 3.8) is 0 Å². The second kappa shape index (κ2) is 13.5. The van der Waals surface area contributed by atoms with Gasteiger partial charge in [-0.1, -0.05) is 12.1 Å². The van der Waals surface area contributed by atoms with Gasteiger partial charge in [0.25, 0.3) is 5.91 Å². The van der Waals surface area contributed by atoms with E-state index in [1.54, 1.807) is 54.6 Å². The maximum Gasteiger partial charge on any atom is 0.416 e. The molecule has 0 aliphatic carbocycles. The number of methoxy groups -OCH3 is 1. The van der Waals surface area contributed by atoms with Crippen LogP contribution in [-0.4, -0.2) is 44.3 Å². The molecular formula is C30H27F3N4O5. The van der Waals surface area contributed by atoms with Crippen molar-refractivity contribution < 1.29 is 37.0 Å². The summed E-state index contributed by atoms with van der Waals surface area (Å²) < 4.78 is 56.6. The third kappa shape index (κ3) is 7.98. The molecular weight excluding hydrogens is 553 g/mol. The Morgan fingerprint density at radius 3 is 2.33 bits per heavy atom. The number of benzene rings is 3. The number of carbonyl (C=O) groups is 2. The zero-order valence-corrected chi connectivity index (χ0v) is 22.6. The third-order valence-corrected chi connectivity index (χ3v) is 5.82. The number of hydrogen-bond donors (Lipinski definition) is 3. The molecule has 1 heterocycles. The second-order valence-corrected chi connectivity index (χ2v) is 8.79. The average Bonchev–Trinajstić information content (AvgIpc) is 2.97. The fourth-order valence-corrected chi connectivity index (χ4v) is 3.82. The third-order valence-electron chi connectivity index (χ3n) is 5.82. The molecule has 4 rings (SSSR count). The van der Waals surface area contributed by atoms with Gasteiger partial charge >= 0.3 is 12.2 Å². The predicted octanol–water partition coefficient (Wildman–Crippen LogP) is 6.59. The molecule has 0 atom stereocenters. The maximum absolute atomic E-state index is 13.4. The first-order valence-corrected chi connectivity index (χ1v) is 12.6. The molecule has 12 heteroatoms. The number of anilines is 2. The summed E-state index contributed by atoms with van der Waals surface area (Å²) in [6.45, 7) is 0.413. The number of nitrogens with zero attached hydrogens (tertiary/aromatic N) is 1. The lowest BCUT2D eigenvalue weighted by atomic mass is 10.0. The topological polar surface area (TPSA) is 111 Å². The Kier molecular flexibility index (Phi) is 9.61. The van der Waals surface area contributed by atoms with Crippen molar-refractivity contribution in [2.75, 3.05) is 38.0 Å². The molecule has 0 bridgehead atoms. The van der Waals surface area contributed by atoms with Crippen LogP contribution in [0.15, 0.2) is 85.1 Å². The number of halogens is 3. The Hall–Kier alpha value is -5.10. The van der Waals surface area contributed by atoms with E-state index < -0.39 is 17.8 Å². The number of amides is 3. The molecule has 0 saturated carbocycles. The zero-order chi connectivity index (χ0) is 30.1. The smallest absolute Gasteiger partial charge is 0.416 e. The van der Waals surface area contributed by atoms with Crippen LogP contribution in [0.25, 0.3) is 11.1 Å². The maximum atomic E-state index is 13.4. The van der Waals surface area contributed by atoms with E-state index in [9.17, 15) is 22.8 Å². The van der Waals surface area contributed by atoms with E-state index >= 15 is 0 Å². The number of rotatable bonds is 10. The first-order valence-electron chi connectivity index (χ1n) is 12.6. The highest BCUT2D eigenvalue weighted by molar-refractivity contribution is 6.00. The number of nitrogens with one attached hydrogen (secondary N) is 3. The van der Waals surface area contributed by atoms with E-state index in [-0.39, 0.29) is 36.1 Å². The largest absolute Gasteiger partial charge is 0.491 e. The van der Waals surface area contributed by atoms with E-state index in [2.05, 4.69) is 20.9 Å². The SMILES string of the molecule is CNC(=O)c1cc(Oc2ccc(NC(=O)Nc3cccc(-c4cc(C(F)(F)F)ccc4OCCOC)c3)cc2)ccn1. The molecule has 0 fully saturated rings. The van der Waals surface area contributed by atoms with Crippen LogP contribution < -0.4 is 25.4 Å². The first kappa shape index (κ1) is 29.9. The van der Waals surface area contributed by atoms with Gasteiger partial charge in [0.2, 0.25) is 0 Å². The highest BCUT2D eigenvalue weighted by atomic mass is 19.4. The number of hydrogen-bond acceptors (Lipinski definition) is 6. The van der Waals surface area contributed by atoms with Gasteiger partial charge in [-0.15, -0.1) is 0 Å². The molecule has 1 aromatic heterocycles. The molecule has 3 aromatic carbocycles. The monoisotopic (exact) mass is 580 g/mol. The number of pyridine rings is 1. The van der Waals surface area contributed by atoms with Gasteiger partial charge in [0.05, 0.1) is 12.2 Å². The van der Waals surface area contributed by atoms with Crippen molar-refractivity contribution in [3.05, 3.63) is 96.3 Å². The molecule has 0 radical (unpaired) electrons. The van der Waals surface area contributed by atoms with E-state index in [0.29, 0.717) is 28.4 Å². The minimum atomic E-state index is -4.54. The van der Waals surface area contributed by atoms with Crippen LogP contribution in [0.5, 0.6) is 17.2 Å². The summed E-state index contributed by atoms with van der Waals surface area (Å²) >= 11 is 0. The molecule has 0 saturated heterocycles. The lowest BCUT2D eigenvalue weighted by Crippen LogP contribution is -2.19. The Morgan fingerprint density at radius 1 is 0.857 bits per heavy atom. The van der Waals surface area contributed by atoms with Crippen LogP contribution in [0.1, 0.15) is 16.1 Å². The van der Waals surface area contributed by atoms with Crippen molar-refractivity contribution in [1.29, 1.82) is 0 Å². The molecule has 42 heavy (non-hydrogen) atoms. The summed E-state index contributed by atoms with van der Waals surface area (Å²) in [5.74, 6) is 0.782. The number of carbonyl (C=O) groups excluding carboxylic acids is 2. The summed E-state index contributed by atoms with van der Waals surface area (Å²) in [7, 11) is 3.00. The summed E-state index contributed by atoms with van der Waals surface area (Å²) in [5, 5.41) is 7.87. The normalized spacial score (nSPS) is 11.0. The predicted molar refractivity (Wildman–Crippen MR) is 151 cm³/mol. The second-order valence-electron chi connectivity index (χ2n) is 8.79. The zero-order valence-electron chi connectivity index (χ0n) is 22.6. The molecule has 218 valence electrons. The van der Waals surface area contributed by atoms with E-state index in [4.69, 9.17) is 14.2 Å². The molecule has 3 N–H and O–H groups in total. The lowest BCUT2D eigenvalue weighted by Gasteiger charge is -2.16. The van der Waals surface area contributed by atoms with Gasteiger partial charge in [-0.3, -0.25) is 9.78 Å². The van der Waals surface area contributed by atoms with Gasteiger partial charge in [-0.2, -0.15) is 13.2 Å². The van der Waals surface area contributed by atoms with Crippen molar-refractivity contribution in [2.45, 2.75) is 6.18 Å². The van der Waals surface area contributed by atoms with Crippen LogP contribution in [0.3, 0.4) is 0 Å². The molecule has 0 aliphatic heterocycles. The fourth-order valence-electron chi connectivity index (χ4n) is 3.82. The first-order chi connectivity index (χ1) is 20.2. The lowest BCUT2D eigenvalue weighted by molar-refractivity contribution is -0.137. The highest BCUT2D eigenvalue weighted by Crippen LogP contribution is 2.38. The van der Waals surface area contributed by atoms with Crippen molar-refractivity contribution in [2.24, 2.45) is 0 Å². The van der Waals surface area contributed by atoms with Crippen LogP contribution in [0, 0.1) is 0 Å². The molecule has 9 nitrogen and oxygen atoms in total. The quantitative estimate of drug-likeness (QED) is 0.183. The van der Waals surface area contributed by atoms with Crippen LogP contribution in [-0.2, 0) is 10.9 Å². The minimum absolute atomic E-state index is 0.151. The van der Waals surface area contributed by atoms with Gasteiger partial charge in [0.15, 0.2) is 0 Å². The van der Waals surface area contributed by atoms with Gasteiger partial charge in [0.1, 0.15) is 29.5 Å².